The van der Waals surface area contributed by atoms with Gasteiger partial charge in [-0.05, 0) is 42.8 Å². The van der Waals surface area contributed by atoms with Crippen molar-refractivity contribution in [2.75, 3.05) is 23.8 Å². The summed E-state index contributed by atoms with van der Waals surface area (Å²) in [6.45, 7) is 3.13. The zero-order valence-corrected chi connectivity index (χ0v) is 16.0. The first-order valence-electron chi connectivity index (χ1n) is 9.20. The number of ether oxygens (including phenoxy) is 1. The molecule has 140 valence electrons. The zero-order valence-electron chi connectivity index (χ0n) is 15.3. The first-order valence-corrected chi connectivity index (χ1v) is 9.58. The lowest BCUT2D eigenvalue weighted by molar-refractivity contribution is -0.114. The number of para-hydroxylation sites is 1. The van der Waals surface area contributed by atoms with Gasteiger partial charge in [-0.2, -0.15) is 0 Å². The molecule has 2 aromatic rings. The summed E-state index contributed by atoms with van der Waals surface area (Å²) in [6, 6.07) is 14.8. The van der Waals surface area contributed by atoms with E-state index in [9.17, 15) is 4.79 Å². The Hall–Kier alpha value is -2.20. The third kappa shape index (κ3) is 7.36. The normalized spacial score (nSPS) is 10.4. The van der Waals surface area contributed by atoms with E-state index in [0.29, 0.717) is 10.7 Å². The topological polar surface area (TPSA) is 50.4 Å². The van der Waals surface area contributed by atoms with Crippen LogP contribution in [-0.2, 0) is 4.79 Å². The van der Waals surface area contributed by atoms with Crippen molar-refractivity contribution in [3.05, 3.63) is 53.6 Å². The monoisotopic (exact) mass is 374 g/mol. The molecule has 0 aliphatic carbocycles. The van der Waals surface area contributed by atoms with Crippen LogP contribution in [0.3, 0.4) is 0 Å². The van der Waals surface area contributed by atoms with Crippen LogP contribution in [0.1, 0.15) is 39.0 Å². The molecule has 0 bridgehead atoms. The first-order chi connectivity index (χ1) is 12.7. The lowest BCUT2D eigenvalue weighted by Gasteiger charge is -2.10. The van der Waals surface area contributed by atoms with Gasteiger partial charge < -0.3 is 15.4 Å². The van der Waals surface area contributed by atoms with Crippen LogP contribution in [0.4, 0.5) is 11.4 Å². The second-order valence-electron chi connectivity index (χ2n) is 6.17. The highest BCUT2D eigenvalue weighted by molar-refractivity contribution is 6.33. The molecule has 0 saturated carbocycles. The second kappa shape index (κ2) is 11.4. The van der Waals surface area contributed by atoms with Gasteiger partial charge in [-0.3, -0.25) is 4.79 Å². The van der Waals surface area contributed by atoms with Gasteiger partial charge in [0.2, 0.25) is 5.91 Å². The summed E-state index contributed by atoms with van der Waals surface area (Å²) in [5.41, 5.74) is 1.48. The zero-order chi connectivity index (χ0) is 18.6. The summed E-state index contributed by atoms with van der Waals surface area (Å²) in [5, 5.41) is 6.40. The molecule has 0 fully saturated rings. The van der Waals surface area contributed by atoms with Gasteiger partial charge in [0.1, 0.15) is 5.75 Å². The van der Waals surface area contributed by atoms with E-state index < -0.39 is 0 Å². The SMILES string of the molecule is CCCCCCCOc1ccc(NCC(=O)Nc2ccccc2Cl)cc1. The minimum absolute atomic E-state index is 0.148. The number of hydrogen-bond acceptors (Lipinski definition) is 3. The summed E-state index contributed by atoms with van der Waals surface area (Å²) < 4.78 is 5.74. The van der Waals surface area contributed by atoms with E-state index in [1.807, 2.05) is 36.4 Å². The average molecular weight is 375 g/mol. The largest absolute Gasteiger partial charge is 0.494 e. The summed E-state index contributed by atoms with van der Waals surface area (Å²) in [4.78, 5) is 12.0. The van der Waals surface area contributed by atoms with Crippen LogP contribution in [0.15, 0.2) is 48.5 Å². The van der Waals surface area contributed by atoms with Crippen LogP contribution in [0.5, 0.6) is 5.75 Å². The van der Waals surface area contributed by atoms with Crippen molar-refractivity contribution in [2.45, 2.75) is 39.0 Å². The molecule has 1 amide bonds. The highest BCUT2D eigenvalue weighted by atomic mass is 35.5. The van der Waals surface area contributed by atoms with E-state index >= 15 is 0 Å². The van der Waals surface area contributed by atoms with Gasteiger partial charge in [0.15, 0.2) is 0 Å². The van der Waals surface area contributed by atoms with E-state index in [4.69, 9.17) is 16.3 Å². The first kappa shape index (κ1) is 20.1. The standard InChI is InChI=1S/C21H27ClN2O2/c1-2-3-4-5-8-15-26-18-13-11-17(12-14-18)23-16-21(25)24-20-10-7-6-9-19(20)22/h6-7,9-14,23H,2-5,8,15-16H2,1H3,(H,24,25). The highest BCUT2D eigenvalue weighted by Crippen LogP contribution is 2.20. The molecule has 2 N–H and O–H groups in total. The number of benzene rings is 2. The maximum absolute atomic E-state index is 12.0. The van der Waals surface area contributed by atoms with E-state index in [0.717, 1.165) is 24.5 Å². The maximum Gasteiger partial charge on any atom is 0.243 e. The predicted molar refractivity (Wildman–Crippen MR) is 109 cm³/mol. The number of anilines is 2. The molecule has 5 heteroatoms. The molecule has 0 aliphatic heterocycles. The molecule has 4 nitrogen and oxygen atoms in total. The van der Waals surface area contributed by atoms with Gasteiger partial charge in [-0.1, -0.05) is 56.3 Å². The van der Waals surface area contributed by atoms with Crippen LogP contribution in [0, 0.1) is 0 Å². The van der Waals surface area contributed by atoms with Crippen molar-refractivity contribution in [2.24, 2.45) is 0 Å². The number of carbonyl (C=O) groups excluding carboxylic acids is 1. The third-order valence-corrected chi connectivity index (χ3v) is 4.30. The van der Waals surface area contributed by atoms with Crippen molar-refractivity contribution in [3.8, 4) is 5.75 Å². The van der Waals surface area contributed by atoms with E-state index in [1.54, 1.807) is 12.1 Å². The Morgan fingerprint density at radius 1 is 1.00 bits per heavy atom. The molecule has 0 radical (unpaired) electrons. The lowest BCUT2D eigenvalue weighted by atomic mass is 10.2. The summed E-state index contributed by atoms with van der Waals surface area (Å²) in [5.74, 6) is 0.706. The quantitative estimate of drug-likeness (QED) is 0.493. The van der Waals surface area contributed by atoms with Crippen LogP contribution in [-0.4, -0.2) is 19.1 Å². The second-order valence-corrected chi connectivity index (χ2v) is 6.58. The fourth-order valence-corrected chi connectivity index (χ4v) is 2.69. The molecule has 2 aromatic carbocycles. The molecule has 0 unspecified atom stereocenters. The summed E-state index contributed by atoms with van der Waals surface area (Å²) in [7, 11) is 0. The molecular weight excluding hydrogens is 348 g/mol. The molecule has 2 rings (SSSR count). The lowest BCUT2D eigenvalue weighted by Crippen LogP contribution is -2.21. The molecule has 0 aromatic heterocycles. The smallest absolute Gasteiger partial charge is 0.243 e. The minimum atomic E-state index is -0.148. The van der Waals surface area contributed by atoms with Gasteiger partial charge in [0.05, 0.1) is 23.9 Å². The molecule has 0 saturated heterocycles. The molecule has 0 heterocycles. The van der Waals surface area contributed by atoms with Crippen molar-refractivity contribution >= 4 is 28.9 Å². The van der Waals surface area contributed by atoms with E-state index in [2.05, 4.69) is 17.6 Å². The fourth-order valence-electron chi connectivity index (χ4n) is 2.50. The predicted octanol–water partition coefficient (Wildman–Crippen LogP) is 5.74. The maximum atomic E-state index is 12.0. The van der Waals surface area contributed by atoms with Crippen molar-refractivity contribution in [1.82, 2.24) is 0 Å². The fraction of sp³-hybridized carbons (Fsp3) is 0.381. The molecular formula is C21H27ClN2O2. The Kier molecular flexibility index (Phi) is 8.84. The van der Waals surface area contributed by atoms with Gasteiger partial charge in [0.25, 0.3) is 0 Å². The Morgan fingerprint density at radius 2 is 1.73 bits per heavy atom. The Morgan fingerprint density at radius 3 is 2.46 bits per heavy atom. The average Bonchev–Trinajstić information content (AvgIpc) is 2.66. The van der Waals surface area contributed by atoms with Gasteiger partial charge in [-0.25, -0.2) is 0 Å². The Labute approximate surface area is 160 Å². The van der Waals surface area contributed by atoms with Crippen LogP contribution in [0.25, 0.3) is 0 Å². The van der Waals surface area contributed by atoms with Gasteiger partial charge in [0, 0.05) is 5.69 Å². The Balaban J connectivity index is 1.68. The Bertz CT molecular complexity index is 674. The summed E-state index contributed by atoms with van der Waals surface area (Å²) in [6.07, 6.45) is 6.13. The number of unbranched alkanes of at least 4 members (excludes halogenated alkanes) is 4. The van der Waals surface area contributed by atoms with Crippen molar-refractivity contribution in [1.29, 1.82) is 0 Å². The number of rotatable bonds is 11. The minimum Gasteiger partial charge on any atom is -0.494 e. The molecule has 0 aliphatic rings. The molecule has 0 atom stereocenters. The summed E-state index contributed by atoms with van der Waals surface area (Å²) >= 11 is 6.03. The number of halogens is 1. The molecule has 26 heavy (non-hydrogen) atoms. The van der Waals surface area contributed by atoms with E-state index in [-0.39, 0.29) is 12.5 Å². The molecule has 0 spiro atoms. The number of nitrogens with one attached hydrogen (secondary N) is 2. The van der Waals surface area contributed by atoms with Crippen molar-refractivity contribution < 1.29 is 9.53 Å². The van der Waals surface area contributed by atoms with E-state index in [1.165, 1.54) is 25.7 Å². The number of hydrogen-bond donors (Lipinski definition) is 2. The number of carbonyl (C=O) groups is 1. The van der Waals surface area contributed by atoms with Gasteiger partial charge in [-0.15, -0.1) is 0 Å². The van der Waals surface area contributed by atoms with Crippen LogP contribution < -0.4 is 15.4 Å². The van der Waals surface area contributed by atoms with Crippen LogP contribution in [0.2, 0.25) is 5.02 Å². The van der Waals surface area contributed by atoms with Gasteiger partial charge >= 0.3 is 0 Å². The van der Waals surface area contributed by atoms with Crippen LogP contribution >= 0.6 is 11.6 Å². The third-order valence-electron chi connectivity index (χ3n) is 3.97. The van der Waals surface area contributed by atoms with Crippen molar-refractivity contribution in [3.63, 3.8) is 0 Å². The number of amides is 1. The highest BCUT2D eigenvalue weighted by Gasteiger charge is 2.05.